The van der Waals surface area contributed by atoms with Crippen molar-refractivity contribution >= 4 is 5.95 Å². The summed E-state index contributed by atoms with van der Waals surface area (Å²) in [5, 5.41) is 8.11. The number of nitrogens with one attached hydrogen (secondary N) is 1. The lowest BCUT2D eigenvalue weighted by molar-refractivity contribution is 0.104. The summed E-state index contributed by atoms with van der Waals surface area (Å²) in [5.74, 6) is 1.83. The third-order valence-electron chi connectivity index (χ3n) is 4.70. The molecule has 5 heteroatoms. The van der Waals surface area contributed by atoms with Crippen LogP contribution in [0.4, 0.5) is 5.95 Å². The fourth-order valence-corrected chi connectivity index (χ4v) is 3.21. The Hall–Kier alpha value is -1.10. The Kier molecular flexibility index (Phi) is 2.22. The van der Waals surface area contributed by atoms with Gasteiger partial charge in [-0.15, -0.1) is 0 Å². The average molecular weight is 248 g/mol. The van der Waals surface area contributed by atoms with Crippen molar-refractivity contribution in [1.82, 2.24) is 14.8 Å². The fraction of sp³-hybridized carbons (Fsp3) is 0.846. The van der Waals surface area contributed by atoms with Gasteiger partial charge >= 0.3 is 0 Å². The number of hydrogen-bond donors (Lipinski definition) is 1. The van der Waals surface area contributed by atoms with Gasteiger partial charge in [0, 0.05) is 13.2 Å². The van der Waals surface area contributed by atoms with Gasteiger partial charge in [0.1, 0.15) is 6.10 Å². The average Bonchev–Trinajstić information content (AvgIpc) is 2.88. The Labute approximate surface area is 107 Å². The minimum absolute atomic E-state index is 0.123. The maximum absolute atomic E-state index is 5.69. The molecule has 0 radical (unpaired) electrons. The van der Waals surface area contributed by atoms with E-state index in [2.05, 4.69) is 21.9 Å². The van der Waals surface area contributed by atoms with E-state index in [-0.39, 0.29) is 6.10 Å². The minimum atomic E-state index is 0.123. The summed E-state index contributed by atoms with van der Waals surface area (Å²) in [6.45, 7) is 4.24. The maximum Gasteiger partial charge on any atom is 0.221 e. The third kappa shape index (κ3) is 1.56. The van der Waals surface area contributed by atoms with Crippen molar-refractivity contribution in [3.05, 3.63) is 5.82 Å². The van der Waals surface area contributed by atoms with Gasteiger partial charge in [0.05, 0.1) is 6.04 Å². The summed E-state index contributed by atoms with van der Waals surface area (Å²) in [5.41, 5.74) is 0.457. The highest BCUT2D eigenvalue weighted by atomic mass is 16.5. The molecule has 1 aromatic rings. The Morgan fingerprint density at radius 2 is 2.28 bits per heavy atom. The first kappa shape index (κ1) is 10.8. The molecule has 0 spiro atoms. The Bertz CT molecular complexity index is 460. The van der Waals surface area contributed by atoms with Crippen molar-refractivity contribution in [3.8, 4) is 0 Å². The van der Waals surface area contributed by atoms with Crippen LogP contribution in [0.3, 0.4) is 0 Å². The standard InChI is InChI=1S/C13H20N4O/c1-13(5-6-13)10-4-7-14-12-15-11(16-17(10)12)9-3-2-8-18-9/h9-10H,2-8H2,1H3,(H,14,15,16). The Morgan fingerprint density at radius 3 is 3.00 bits per heavy atom. The number of fused-ring (bicyclic) bond motifs is 1. The van der Waals surface area contributed by atoms with E-state index in [0.717, 1.165) is 44.2 Å². The molecule has 18 heavy (non-hydrogen) atoms. The van der Waals surface area contributed by atoms with Gasteiger partial charge in [-0.3, -0.25) is 0 Å². The lowest BCUT2D eigenvalue weighted by Gasteiger charge is -2.29. The van der Waals surface area contributed by atoms with Crippen molar-refractivity contribution < 1.29 is 4.74 Å². The molecule has 2 fully saturated rings. The van der Waals surface area contributed by atoms with Gasteiger partial charge in [-0.2, -0.15) is 10.1 Å². The van der Waals surface area contributed by atoms with Gasteiger partial charge in [-0.25, -0.2) is 4.68 Å². The Balaban J connectivity index is 1.67. The number of hydrogen-bond acceptors (Lipinski definition) is 4. The van der Waals surface area contributed by atoms with Crippen LogP contribution in [0, 0.1) is 5.41 Å². The smallest absolute Gasteiger partial charge is 0.221 e. The molecule has 2 atom stereocenters. The molecule has 98 valence electrons. The highest BCUT2D eigenvalue weighted by molar-refractivity contribution is 5.30. The first-order valence-corrected chi connectivity index (χ1v) is 7.08. The number of aromatic nitrogens is 3. The molecular formula is C13H20N4O. The monoisotopic (exact) mass is 248 g/mol. The third-order valence-corrected chi connectivity index (χ3v) is 4.70. The van der Waals surface area contributed by atoms with E-state index in [9.17, 15) is 0 Å². The summed E-state index contributed by atoms with van der Waals surface area (Å²) < 4.78 is 7.82. The molecular weight excluding hydrogens is 228 g/mol. The van der Waals surface area contributed by atoms with E-state index >= 15 is 0 Å². The summed E-state index contributed by atoms with van der Waals surface area (Å²) in [7, 11) is 0. The molecule has 2 unspecified atom stereocenters. The van der Waals surface area contributed by atoms with Crippen LogP contribution >= 0.6 is 0 Å². The molecule has 1 saturated heterocycles. The fourth-order valence-electron chi connectivity index (χ4n) is 3.21. The second-order valence-electron chi connectivity index (χ2n) is 6.13. The van der Waals surface area contributed by atoms with Crippen molar-refractivity contribution in [2.24, 2.45) is 5.41 Å². The van der Waals surface area contributed by atoms with Crippen LogP contribution in [0.1, 0.15) is 57.0 Å². The van der Waals surface area contributed by atoms with Gasteiger partial charge in [-0.1, -0.05) is 6.92 Å². The van der Waals surface area contributed by atoms with Crippen LogP contribution in [-0.4, -0.2) is 27.9 Å². The molecule has 0 aromatic carbocycles. The molecule has 0 amide bonds. The molecule has 0 bridgehead atoms. The van der Waals surface area contributed by atoms with E-state index < -0.39 is 0 Å². The predicted octanol–water partition coefficient (Wildman–Crippen LogP) is 2.29. The summed E-state index contributed by atoms with van der Waals surface area (Å²) in [6.07, 6.45) is 6.13. The van der Waals surface area contributed by atoms with Crippen LogP contribution in [0.5, 0.6) is 0 Å². The molecule has 4 rings (SSSR count). The summed E-state index contributed by atoms with van der Waals surface area (Å²) >= 11 is 0. The number of rotatable bonds is 2. The zero-order valence-electron chi connectivity index (χ0n) is 10.9. The molecule has 1 aromatic heterocycles. The van der Waals surface area contributed by atoms with Gasteiger partial charge in [0.25, 0.3) is 0 Å². The SMILES string of the molecule is CC1(C2CCNc3nc(C4CCCO4)nn32)CC1. The zero-order chi connectivity index (χ0) is 12.2. The first-order chi connectivity index (χ1) is 8.76. The maximum atomic E-state index is 5.69. The molecule has 2 aliphatic heterocycles. The van der Waals surface area contributed by atoms with E-state index in [0.29, 0.717) is 11.5 Å². The van der Waals surface area contributed by atoms with Gasteiger partial charge < -0.3 is 10.1 Å². The predicted molar refractivity (Wildman–Crippen MR) is 67.4 cm³/mol. The number of anilines is 1. The topological polar surface area (TPSA) is 52.0 Å². The van der Waals surface area contributed by atoms with E-state index in [4.69, 9.17) is 9.84 Å². The molecule has 1 N–H and O–H groups in total. The summed E-state index contributed by atoms with van der Waals surface area (Å²) in [6, 6.07) is 0.524. The van der Waals surface area contributed by atoms with Crippen molar-refractivity contribution in [2.75, 3.05) is 18.5 Å². The quantitative estimate of drug-likeness (QED) is 0.872. The van der Waals surface area contributed by atoms with E-state index in [1.807, 2.05) is 0 Å². The van der Waals surface area contributed by atoms with Crippen LogP contribution in [0.25, 0.3) is 0 Å². The molecule has 1 saturated carbocycles. The molecule has 1 aliphatic carbocycles. The van der Waals surface area contributed by atoms with E-state index in [1.54, 1.807) is 0 Å². The normalized spacial score (nSPS) is 32.9. The molecule has 3 aliphatic rings. The number of ether oxygens (including phenoxy) is 1. The second kappa shape index (κ2) is 3.70. The van der Waals surface area contributed by atoms with Crippen molar-refractivity contribution in [3.63, 3.8) is 0 Å². The van der Waals surface area contributed by atoms with Crippen LogP contribution in [-0.2, 0) is 4.74 Å². The highest BCUT2D eigenvalue weighted by Crippen LogP contribution is 2.56. The molecule has 3 heterocycles. The van der Waals surface area contributed by atoms with Gasteiger partial charge in [-0.05, 0) is 37.5 Å². The molecule has 5 nitrogen and oxygen atoms in total. The lowest BCUT2D eigenvalue weighted by Crippen LogP contribution is -2.29. The first-order valence-electron chi connectivity index (χ1n) is 7.08. The number of nitrogens with zero attached hydrogens (tertiary/aromatic N) is 3. The van der Waals surface area contributed by atoms with Crippen LogP contribution < -0.4 is 5.32 Å². The van der Waals surface area contributed by atoms with Gasteiger partial charge in [0.2, 0.25) is 5.95 Å². The van der Waals surface area contributed by atoms with Crippen molar-refractivity contribution in [1.29, 1.82) is 0 Å². The largest absolute Gasteiger partial charge is 0.370 e. The second-order valence-corrected chi connectivity index (χ2v) is 6.13. The lowest BCUT2D eigenvalue weighted by atomic mass is 9.95. The minimum Gasteiger partial charge on any atom is -0.370 e. The van der Waals surface area contributed by atoms with Crippen LogP contribution in [0.15, 0.2) is 0 Å². The van der Waals surface area contributed by atoms with Crippen LogP contribution in [0.2, 0.25) is 0 Å². The Morgan fingerprint density at radius 1 is 1.39 bits per heavy atom. The van der Waals surface area contributed by atoms with Crippen molar-refractivity contribution in [2.45, 2.75) is 51.2 Å². The van der Waals surface area contributed by atoms with E-state index in [1.165, 1.54) is 12.8 Å². The zero-order valence-corrected chi connectivity index (χ0v) is 10.9. The summed E-state index contributed by atoms with van der Waals surface area (Å²) in [4.78, 5) is 4.64. The highest BCUT2D eigenvalue weighted by Gasteiger charge is 2.48. The van der Waals surface area contributed by atoms with Gasteiger partial charge in [0.15, 0.2) is 5.82 Å².